The predicted molar refractivity (Wildman–Crippen MR) is 112 cm³/mol. The van der Waals surface area contributed by atoms with Crippen LogP contribution < -0.4 is 10.2 Å². The summed E-state index contributed by atoms with van der Waals surface area (Å²) in [4.78, 5) is 2.43. The van der Waals surface area contributed by atoms with Crippen molar-refractivity contribution in [3.63, 3.8) is 0 Å². The molecular formula is C23H25F2N5. The van der Waals surface area contributed by atoms with Gasteiger partial charge in [0.15, 0.2) is 11.6 Å². The maximum Gasteiger partial charge on any atom is 0.159 e. The zero-order chi connectivity index (χ0) is 20.5. The Kier molecular flexibility index (Phi) is 5.21. The van der Waals surface area contributed by atoms with Gasteiger partial charge >= 0.3 is 0 Å². The molecule has 5 rings (SSSR count). The maximum absolute atomic E-state index is 13.4. The Morgan fingerprint density at radius 1 is 0.933 bits per heavy atom. The average molecular weight is 409 g/mol. The lowest BCUT2D eigenvalue weighted by Crippen LogP contribution is -2.29. The third-order valence-corrected chi connectivity index (χ3v) is 6.08. The molecule has 3 aromatic rings. The molecule has 2 heterocycles. The molecule has 2 aliphatic rings. The smallest absolute Gasteiger partial charge is 0.159 e. The largest absolute Gasteiger partial charge is 0.372 e. The van der Waals surface area contributed by atoms with E-state index in [9.17, 15) is 8.78 Å². The summed E-state index contributed by atoms with van der Waals surface area (Å²) >= 11 is 0. The van der Waals surface area contributed by atoms with Crippen molar-refractivity contribution < 1.29 is 8.78 Å². The van der Waals surface area contributed by atoms with Crippen LogP contribution in [0.15, 0.2) is 48.7 Å². The minimum Gasteiger partial charge on any atom is -0.372 e. The molecule has 0 bridgehead atoms. The minimum absolute atomic E-state index is 0.220. The summed E-state index contributed by atoms with van der Waals surface area (Å²) in [6.45, 7) is 2.85. The monoisotopic (exact) mass is 409 g/mol. The fourth-order valence-electron chi connectivity index (χ4n) is 4.24. The summed E-state index contributed by atoms with van der Waals surface area (Å²) in [5, 5.41) is 11.9. The lowest BCUT2D eigenvalue weighted by molar-refractivity contribution is 0.506. The van der Waals surface area contributed by atoms with Crippen LogP contribution in [0.25, 0.3) is 5.69 Å². The lowest BCUT2D eigenvalue weighted by Gasteiger charge is -2.28. The van der Waals surface area contributed by atoms with Gasteiger partial charge in [-0.1, -0.05) is 11.3 Å². The number of piperidine rings is 1. The van der Waals surface area contributed by atoms with E-state index in [2.05, 4.69) is 44.8 Å². The van der Waals surface area contributed by atoms with Crippen molar-refractivity contribution in [1.29, 1.82) is 0 Å². The van der Waals surface area contributed by atoms with Crippen LogP contribution in [0.1, 0.15) is 42.9 Å². The number of halogens is 2. The van der Waals surface area contributed by atoms with Crippen molar-refractivity contribution in [2.24, 2.45) is 0 Å². The molecule has 2 fully saturated rings. The first-order valence-corrected chi connectivity index (χ1v) is 10.6. The summed E-state index contributed by atoms with van der Waals surface area (Å²) in [7, 11) is 0. The molecule has 0 unspecified atom stereocenters. The predicted octanol–water partition coefficient (Wildman–Crippen LogP) is 4.18. The van der Waals surface area contributed by atoms with E-state index in [0.29, 0.717) is 6.54 Å². The van der Waals surface area contributed by atoms with Crippen LogP contribution in [0.3, 0.4) is 0 Å². The van der Waals surface area contributed by atoms with E-state index >= 15 is 0 Å². The average Bonchev–Trinajstić information content (AvgIpc) is 3.41. The molecule has 0 radical (unpaired) electrons. The van der Waals surface area contributed by atoms with Gasteiger partial charge < -0.3 is 10.2 Å². The molecule has 1 aromatic heterocycles. The third-order valence-electron chi connectivity index (χ3n) is 6.08. The summed E-state index contributed by atoms with van der Waals surface area (Å²) in [5.41, 5.74) is 3.94. The quantitative estimate of drug-likeness (QED) is 0.663. The molecular weight excluding hydrogens is 384 g/mol. The van der Waals surface area contributed by atoms with Crippen LogP contribution in [-0.4, -0.2) is 34.1 Å². The molecule has 156 valence electrons. The third kappa shape index (κ3) is 4.07. The number of benzene rings is 2. The highest BCUT2D eigenvalue weighted by Gasteiger charge is 2.38. The van der Waals surface area contributed by atoms with Crippen LogP contribution in [-0.2, 0) is 6.54 Å². The molecule has 1 aliphatic heterocycles. The molecule has 5 nitrogen and oxygen atoms in total. The van der Waals surface area contributed by atoms with Gasteiger partial charge in [0.1, 0.15) is 0 Å². The highest BCUT2D eigenvalue weighted by atomic mass is 19.2. The summed E-state index contributed by atoms with van der Waals surface area (Å²) in [6, 6.07) is 12.9. The number of anilines is 1. The molecule has 1 aliphatic carbocycles. The first kappa shape index (κ1) is 19.2. The molecule has 1 saturated carbocycles. The zero-order valence-corrected chi connectivity index (χ0v) is 16.8. The van der Waals surface area contributed by atoms with Gasteiger partial charge in [-0.3, -0.25) is 0 Å². The van der Waals surface area contributed by atoms with Crippen LogP contribution in [0.4, 0.5) is 14.5 Å². The van der Waals surface area contributed by atoms with E-state index in [1.165, 1.54) is 37.1 Å². The fraction of sp³-hybridized carbons (Fsp3) is 0.391. The molecule has 0 spiro atoms. The van der Waals surface area contributed by atoms with Gasteiger partial charge in [0.05, 0.1) is 17.6 Å². The van der Waals surface area contributed by atoms with Gasteiger partial charge in [0.2, 0.25) is 0 Å². The molecule has 0 amide bonds. The molecule has 30 heavy (non-hydrogen) atoms. The standard InChI is InChI=1S/C23H25F2N5/c24-21-9-4-16(12-22(21)25)20-13-23(20)26-14-17-15-30(28-27-17)19-7-5-18(6-8-19)29-10-2-1-3-11-29/h4-9,12,15,20,23,26H,1-3,10-11,13-14H2/t20-,23+/m0/s1. The van der Waals surface area contributed by atoms with E-state index in [-0.39, 0.29) is 12.0 Å². The Morgan fingerprint density at radius 3 is 2.47 bits per heavy atom. The van der Waals surface area contributed by atoms with Gasteiger partial charge in [-0.15, -0.1) is 5.10 Å². The summed E-state index contributed by atoms with van der Waals surface area (Å²) < 4.78 is 28.3. The number of nitrogens with one attached hydrogen (secondary N) is 1. The Hall–Kier alpha value is -2.80. The van der Waals surface area contributed by atoms with Crippen LogP contribution >= 0.6 is 0 Å². The van der Waals surface area contributed by atoms with Crippen LogP contribution in [0, 0.1) is 11.6 Å². The Bertz CT molecular complexity index is 1010. The second-order valence-corrected chi connectivity index (χ2v) is 8.22. The van der Waals surface area contributed by atoms with Crippen LogP contribution in [0.5, 0.6) is 0 Å². The minimum atomic E-state index is -0.801. The fourth-order valence-corrected chi connectivity index (χ4v) is 4.24. The van der Waals surface area contributed by atoms with Crippen LogP contribution in [0.2, 0.25) is 0 Å². The summed E-state index contributed by atoms with van der Waals surface area (Å²) in [5.74, 6) is -1.37. The molecule has 7 heteroatoms. The zero-order valence-electron chi connectivity index (χ0n) is 16.8. The Balaban J connectivity index is 1.17. The van der Waals surface area contributed by atoms with E-state index in [0.717, 1.165) is 36.5 Å². The van der Waals surface area contributed by atoms with Crippen molar-refractivity contribution in [1.82, 2.24) is 20.3 Å². The maximum atomic E-state index is 13.4. The number of aromatic nitrogens is 3. The van der Waals surface area contributed by atoms with Crippen molar-refractivity contribution in [2.45, 2.75) is 44.2 Å². The normalized spacial score (nSPS) is 21.1. The van der Waals surface area contributed by atoms with Gasteiger partial charge in [-0.2, -0.15) is 0 Å². The van der Waals surface area contributed by atoms with Crippen molar-refractivity contribution in [3.05, 3.63) is 71.6 Å². The Labute approximate surface area is 174 Å². The molecule has 1 N–H and O–H groups in total. The highest BCUT2D eigenvalue weighted by Crippen LogP contribution is 2.41. The van der Waals surface area contributed by atoms with E-state index in [4.69, 9.17) is 0 Å². The Morgan fingerprint density at radius 2 is 1.70 bits per heavy atom. The van der Waals surface area contributed by atoms with E-state index < -0.39 is 11.6 Å². The number of hydrogen-bond donors (Lipinski definition) is 1. The molecule has 2 aromatic carbocycles. The number of nitrogens with zero attached hydrogens (tertiary/aromatic N) is 4. The van der Waals surface area contributed by atoms with Crippen molar-refractivity contribution >= 4 is 5.69 Å². The first-order chi connectivity index (χ1) is 14.7. The highest BCUT2D eigenvalue weighted by molar-refractivity contribution is 5.51. The molecule has 1 saturated heterocycles. The molecule has 2 atom stereocenters. The lowest BCUT2D eigenvalue weighted by atomic mass is 10.1. The van der Waals surface area contributed by atoms with E-state index in [1.54, 1.807) is 10.7 Å². The second kappa shape index (κ2) is 8.14. The first-order valence-electron chi connectivity index (χ1n) is 10.6. The van der Waals surface area contributed by atoms with E-state index in [1.807, 2.05) is 6.20 Å². The topological polar surface area (TPSA) is 46.0 Å². The number of rotatable bonds is 6. The second-order valence-electron chi connectivity index (χ2n) is 8.22. The van der Waals surface area contributed by atoms with Gasteiger partial charge in [0.25, 0.3) is 0 Å². The van der Waals surface area contributed by atoms with Gasteiger partial charge in [-0.05, 0) is 67.6 Å². The number of hydrogen-bond acceptors (Lipinski definition) is 4. The van der Waals surface area contributed by atoms with Gasteiger partial charge in [0, 0.05) is 37.3 Å². The van der Waals surface area contributed by atoms with Crippen molar-refractivity contribution in [3.8, 4) is 5.69 Å². The SMILES string of the molecule is Fc1ccc([C@@H]2C[C@H]2NCc2cn(-c3ccc(N4CCCCC4)cc3)nn2)cc1F. The van der Waals surface area contributed by atoms with Gasteiger partial charge in [-0.25, -0.2) is 13.5 Å². The summed E-state index contributed by atoms with van der Waals surface area (Å²) in [6.07, 6.45) is 6.69. The van der Waals surface area contributed by atoms with Crippen molar-refractivity contribution in [2.75, 3.05) is 18.0 Å².